The second kappa shape index (κ2) is 6.34. The van der Waals surface area contributed by atoms with E-state index in [9.17, 15) is 18.0 Å². The minimum Gasteiger partial charge on any atom is -0.454 e. The van der Waals surface area contributed by atoms with Crippen LogP contribution in [0.2, 0.25) is 5.02 Å². The maximum absolute atomic E-state index is 12.0. The molecule has 0 unspecified atom stereocenters. The summed E-state index contributed by atoms with van der Waals surface area (Å²) in [5, 5.41) is 0.00168. The van der Waals surface area contributed by atoms with Gasteiger partial charge in [-0.1, -0.05) is 11.6 Å². The largest absolute Gasteiger partial charge is 0.454 e. The maximum atomic E-state index is 12.0. The number of carbonyl (C=O) groups is 2. The number of rotatable bonds is 5. The highest BCUT2D eigenvalue weighted by Gasteiger charge is 2.22. The Morgan fingerprint density at radius 3 is 2.40 bits per heavy atom. The van der Waals surface area contributed by atoms with Gasteiger partial charge in [0.15, 0.2) is 5.78 Å². The Morgan fingerprint density at radius 1 is 1.30 bits per heavy atom. The van der Waals surface area contributed by atoms with Crippen LogP contribution in [-0.4, -0.2) is 45.2 Å². The van der Waals surface area contributed by atoms with Crippen LogP contribution >= 0.6 is 11.6 Å². The van der Waals surface area contributed by atoms with E-state index in [0.29, 0.717) is 0 Å². The molecule has 0 amide bonds. The zero-order valence-electron chi connectivity index (χ0n) is 11.2. The molecule has 0 aromatic heterocycles. The number of ether oxygens (including phenoxy) is 1. The van der Waals surface area contributed by atoms with Crippen LogP contribution in [0.4, 0.5) is 0 Å². The molecule has 6 nitrogen and oxygen atoms in total. The predicted octanol–water partition coefficient (Wildman–Crippen LogP) is 1.34. The molecule has 0 N–H and O–H groups in total. The molecule has 8 heteroatoms. The van der Waals surface area contributed by atoms with Crippen LogP contribution in [0.1, 0.15) is 17.3 Å². The van der Waals surface area contributed by atoms with E-state index in [4.69, 9.17) is 16.3 Å². The van der Waals surface area contributed by atoms with Crippen molar-refractivity contribution in [1.29, 1.82) is 0 Å². The monoisotopic (exact) mass is 319 g/mol. The summed E-state index contributed by atoms with van der Waals surface area (Å²) < 4.78 is 29.8. The number of carbonyl (C=O) groups excluding carboxylic acids is 2. The molecule has 0 saturated carbocycles. The summed E-state index contributed by atoms with van der Waals surface area (Å²) in [6.45, 7) is 0.911. The average Bonchev–Trinajstić information content (AvgIpc) is 2.35. The van der Waals surface area contributed by atoms with Gasteiger partial charge in [0.05, 0.1) is 10.6 Å². The van der Waals surface area contributed by atoms with Gasteiger partial charge in [-0.3, -0.25) is 4.79 Å². The van der Waals surface area contributed by atoms with E-state index in [2.05, 4.69) is 0 Å². The number of hydrogen-bond acceptors (Lipinski definition) is 5. The van der Waals surface area contributed by atoms with Crippen molar-refractivity contribution in [2.45, 2.75) is 11.8 Å². The van der Waals surface area contributed by atoms with Crippen molar-refractivity contribution >= 4 is 33.4 Å². The van der Waals surface area contributed by atoms with E-state index < -0.39 is 16.0 Å². The van der Waals surface area contributed by atoms with Crippen LogP contribution in [0.25, 0.3) is 0 Å². The second-order valence-corrected chi connectivity index (χ2v) is 6.74. The highest BCUT2D eigenvalue weighted by molar-refractivity contribution is 7.89. The first-order valence-electron chi connectivity index (χ1n) is 5.55. The number of benzene rings is 1. The number of halogens is 1. The molecule has 0 bridgehead atoms. The molecule has 0 fully saturated rings. The van der Waals surface area contributed by atoms with Crippen LogP contribution in [0.15, 0.2) is 23.1 Å². The van der Waals surface area contributed by atoms with Crippen molar-refractivity contribution in [3.05, 3.63) is 28.8 Å². The van der Waals surface area contributed by atoms with E-state index in [0.717, 1.165) is 10.4 Å². The zero-order valence-corrected chi connectivity index (χ0v) is 12.8. The Morgan fingerprint density at radius 2 is 1.90 bits per heavy atom. The van der Waals surface area contributed by atoms with Gasteiger partial charge >= 0.3 is 5.97 Å². The van der Waals surface area contributed by atoms with Crippen LogP contribution in [0, 0.1) is 0 Å². The standard InChI is InChI=1S/C12H14ClNO5S/c1-8(15)7-19-12(16)9-4-5-10(13)11(6-9)20(17,18)14(2)3/h4-6H,7H2,1-3H3. The molecule has 1 aromatic carbocycles. The topological polar surface area (TPSA) is 80.8 Å². The molecule has 1 rings (SSSR count). The number of nitrogens with zero attached hydrogens (tertiary/aromatic N) is 1. The summed E-state index contributed by atoms with van der Waals surface area (Å²) in [6.07, 6.45) is 0. The van der Waals surface area contributed by atoms with Crippen molar-refractivity contribution in [2.75, 3.05) is 20.7 Å². The maximum Gasteiger partial charge on any atom is 0.338 e. The van der Waals surface area contributed by atoms with E-state index in [1.807, 2.05) is 0 Å². The first kappa shape index (κ1) is 16.6. The molecule has 20 heavy (non-hydrogen) atoms. The molecular weight excluding hydrogens is 306 g/mol. The Hall–Kier alpha value is -1.44. The number of hydrogen-bond donors (Lipinski definition) is 0. The molecule has 0 spiro atoms. The quantitative estimate of drug-likeness (QED) is 0.765. The van der Waals surface area contributed by atoms with Gasteiger partial charge in [-0.2, -0.15) is 0 Å². The van der Waals surface area contributed by atoms with Crippen molar-refractivity contribution < 1.29 is 22.7 Å². The van der Waals surface area contributed by atoms with Crippen LogP contribution in [0.5, 0.6) is 0 Å². The van der Waals surface area contributed by atoms with E-state index in [1.165, 1.54) is 33.2 Å². The number of sulfonamides is 1. The summed E-state index contributed by atoms with van der Waals surface area (Å²) in [6, 6.07) is 3.75. The fourth-order valence-electron chi connectivity index (χ4n) is 1.28. The normalized spacial score (nSPS) is 11.4. The molecule has 0 atom stereocenters. The smallest absolute Gasteiger partial charge is 0.338 e. The van der Waals surface area contributed by atoms with Crippen LogP contribution in [0.3, 0.4) is 0 Å². The van der Waals surface area contributed by atoms with Crippen LogP contribution < -0.4 is 0 Å². The molecule has 0 aliphatic heterocycles. The van der Waals surface area contributed by atoms with Crippen molar-refractivity contribution in [3.8, 4) is 0 Å². The fourth-order valence-corrected chi connectivity index (χ4v) is 2.67. The van der Waals surface area contributed by atoms with Gasteiger partial charge in [0, 0.05) is 14.1 Å². The minimum absolute atomic E-state index is 0.00168. The second-order valence-electron chi connectivity index (χ2n) is 4.21. The van der Waals surface area contributed by atoms with E-state index in [1.54, 1.807) is 0 Å². The van der Waals surface area contributed by atoms with Gasteiger partial charge < -0.3 is 4.74 Å². The lowest BCUT2D eigenvalue weighted by molar-refractivity contribution is -0.120. The van der Waals surface area contributed by atoms with Gasteiger partial charge in [0.25, 0.3) is 0 Å². The molecule has 0 heterocycles. The van der Waals surface area contributed by atoms with Gasteiger partial charge in [0.2, 0.25) is 10.0 Å². The van der Waals surface area contributed by atoms with E-state index >= 15 is 0 Å². The van der Waals surface area contributed by atoms with Crippen LogP contribution in [-0.2, 0) is 19.6 Å². The highest BCUT2D eigenvalue weighted by atomic mass is 35.5. The van der Waals surface area contributed by atoms with Gasteiger partial charge in [-0.15, -0.1) is 0 Å². The lowest BCUT2D eigenvalue weighted by Crippen LogP contribution is -2.23. The van der Waals surface area contributed by atoms with Crippen molar-refractivity contribution in [1.82, 2.24) is 4.31 Å². The molecule has 1 aromatic rings. The van der Waals surface area contributed by atoms with Gasteiger partial charge in [-0.25, -0.2) is 17.5 Å². The number of ketones is 1. The molecule has 0 aliphatic carbocycles. The van der Waals surface area contributed by atoms with Gasteiger partial charge in [-0.05, 0) is 25.1 Å². The van der Waals surface area contributed by atoms with Crippen molar-refractivity contribution in [2.24, 2.45) is 0 Å². The fraction of sp³-hybridized carbons (Fsp3) is 0.333. The molecule has 0 saturated heterocycles. The number of esters is 1. The third-order valence-electron chi connectivity index (χ3n) is 2.33. The highest BCUT2D eigenvalue weighted by Crippen LogP contribution is 2.25. The zero-order chi connectivity index (χ0) is 15.5. The Kier molecular flexibility index (Phi) is 5.27. The SMILES string of the molecule is CC(=O)COC(=O)c1ccc(Cl)c(S(=O)(=O)N(C)C)c1. The van der Waals surface area contributed by atoms with E-state index in [-0.39, 0.29) is 27.9 Å². The molecule has 0 radical (unpaired) electrons. The third kappa shape index (κ3) is 3.78. The van der Waals surface area contributed by atoms with Crippen molar-refractivity contribution in [3.63, 3.8) is 0 Å². The summed E-state index contributed by atoms with van der Waals surface area (Å²) in [7, 11) is -1.06. The Labute approximate surface area is 122 Å². The Balaban J connectivity index is 3.16. The third-order valence-corrected chi connectivity index (χ3v) is 4.63. The first-order chi connectivity index (χ1) is 9.16. The Bertz CT molecular complexity index is 639. The lowest BCUT2D eigenvalue weighted by Gasteiger charge is -2.13. The molecule has 0 aliphatic rings. The summed E-state index contributed by atoms with van der Waals surface area (Å²) >= 11 is 5.84. The number of Topliss-reactive ketones (excluding diaryl/α,β-unsaturated/α-hetero) is 1. The predicted molar refractivity (Wildman–Crippen MR) is 73.3 cm³/mol. The summed E-state index contributed by atoms with van der Waals surface area (Å²) in [4.78, 5) is 22.2. The summed E-state index contributed by atoms with van der Waals surface area (Å²) in [5.41, 5.74) is 0.0103. The average molecular weight is 320 g/mol. The van der Waals surface area contributed by atoms with Gasteiger partial charge in [0.1, 0.15) is 11.5 Å². The minimum atomic E-state index is -3.77. The summed E-state index contributed by atoms with van der Waals surface area (Å²) in [5.74, 6) is -1.10. The molecular formula is C12H14ClNO5S. The molecule has 110 valence electrons. The first-order valence-corrected chi connectivity index (χ1v) is 7.36. The lowest BCUT2D eigenvalue weighted by atomic mass is 10.2.